The lowest BCUT2D eigenvalue weighted by atomic mass is 9.91. The number of amides is 1. The van der Waals surface area contributed by atoms with Crippen molar-refractivity contribution in [3.05, 3.63) is 70.9 Å². The number of pyridine rings is 1. The minimum absolute atomic E-state index is 0.0442. The zero-order chi connectivity index (χ0) is 27.6. The summed E-state index contributed by atoms with van der Waals surface area (Å²) in [6, 6.07) is 8.50. The van der Waals surface area contributed by atoms with Crippen molar-refractivity contribution in [1.82, 2.24) is 4.98 Å². The molecule has 198 valence electrons. The number of hydrogen-bond acceptors (Lipinski definition) is 7. The van der Waals surface area contributed by atoms with E-state index in [9.17, 15) is 22.4 Å². The highest BCUT2D eigenvalue weighted by atomic mass is 32.2. The summed E-state index contributed by atoms with van der Waals surface area (Å²) < 4.78 is 56.3. The summed E-state index contributed by atoms with van der Waals surface area (Å²) in [5.74, 6) is -4.38. The lowest BCUT2D eigenvalue weighted by molar-refractivity contribution is -0.114. The minimum atomic E-state index is -3.87. The largest absolute Gasteiger partial charge is 0.369 e. The van der Waals surface area contributed by atoms with Crippen LogP contribution in [-0.4, -0.2) is 43.6 Å². The van der Waals surface area contributed by atoms with Crippen LogP contribution < -0.4 is 15.4 Å². The van der Waals surface area contributed by atoms with Gasteiger partial charge in [0.1, 0.15) is 11.6 Å². The van der Waals surface area contributed by atoms with Gasteiger partial charge in [-0.2, -0.15) is 0 Å². The molecule has 1 unspecified atom stereocenters. The second-order valence-corrected chi connectivity index (χ2v) is 10.6. The first-order valence-corrected chi connectivity index (χ1v) is 13.4. The van der Waals surface area contributed by atoms with E-state index in [1.807, 2.05) is 0 Å². The predicted molar refractivity (Wildman–Crippen MR) is 141 cm³/mol. The Labute approximate surface area is 218 Å². The lowest BCUT2D eigenvalue weighted by Gasteiger charge is -2.15. The SMILES string of the molecule is CCCS(=O)(=O)Nc1ccc(F)c(C(=O)C2CNc3ncc(-c4ccc(NC(C)=O)c(C=N)c4)cc32)c1F. The molecule has 0 fully saturated rings. The fourth-order valence-corrected chi connectivity index (χ4v) is 5.41. The molecule has 0 saturated heterocycles. The van der Waals surface area contributed by atoms with E-state index < -0.39 is 44.6 Å². The maximum Gasteiger partial charge on any atom is 0.232 e. The van der Waals surface area contributed by atoms with Gasteiger partial charge in [0.25, 0.3) is 0 Å². The van der Waals surface area contributed by atoms with Crippen LogP contribution in [0.25, 0.3) is 11.1 Å². The Hall–Kier alpha value is -4.19. The Kier molecular flexibility index (Phi) is 7.53. The van der Waals surface area contributed by atoms with Crippen molar-refractivity contribution in [3.8, 4) is 11.1 Å². The predicted octanol–water partition coefficient (Wildman–Crippen LogP) is 4.53. The van der Waals surface area contributed by atoms with E-state index in [1.165, 1.54) is 6.92 Å². The van der Waals surface area contributed by atoms with Gasteiger partial charge in [-0.25, -0.2) is 22.2 Å². The molecule has 0 spiro atoms. The normalized spacial score (nSPS) is 14.4. The van der Waals surface area contributed by atoms with Crippen LogP contribution in [-0.2, 0) is 14.8 Å². The van der Waals surface area contributed by atoms with Gasteiger partial charge >= 0.3 is 0 Å². The van der Waals surface area contributed by atoms with Crippen LogP contribution in [0.1, 0.15) is 47.7 Å². The maximum absolute atomic E-state index is 15.3. The van der Waals surface area contributed by atoms with Gasteiger partial charge in [0.05, 0.1) is 22.9 Å². The summed E-state index contributed by atoms with van der Waals surface area (Å²) in [4.78, 5) is 29.2. The first-order chi connectivity index (χ1) is 18.0. The van der Waals surface area contributed by atoms with Crippen molar-refractivity contribution in [2.75, 3.05) is 27.7 Å². The third-order valence-corrected chi connectivity index (χ3v) is 7.49. The van der Waals surface area contributed by atoms with Crippen LogP contribution in [0, 0.1) is 17.0 Å². The van der Waals surface area contributed by atoms with Crippen LogP contribution in [0.5, 0.6) is 0 Å². The first kappa shape index (κ1) is 26.9. The van der Waals surface area contributed by atoms with Gasteiger partial charge in [-0.1, -0.05) is 13.0 Å². The van der Waals surface area contributed by atoms with Gasteiger partial charge in [0.15, 0.2) is 11.6 Å². The highest BCUT2D eigenvalue weighted by Gasteiger charge is 2.34. The Morgan fingerprint density at radius 1 is 1.16 bits per heavy atom. The summed E-state index contributed by atoms with van der Waals surface area (Å²) in [5, 5.41) is 13.3. The lowest BCUT2D eigenvalue weighted by Crippen LogP contribution is -2.21. The Bertz CT molecular complexity index is 1560. The molecule has 0 aliphatic carbocycles. The third-order valence-electron chi connectivity index (χ3n) is 6.01. The number of anilines is 3. The van der Waals surface area contributed by atoms with Crippen LogP contribution in [0.4, 0.5) is 26.0 Å². The number of halogens is 2. The van der Waals surface area contributed by atoms with E-state index in [0.717, 1.165) is 18.3 Å². The topological polar surface area (TPSA) is 141 Å². The van der Waals surface area contributed by atoms with Crippen LogP contribution in [0.15, 0.2) is 42.6 Å². The molecule has 1 aliphatic rings. The molecule has 0 saturated carbocycles. The summed E-state index contributed by atoms with van der Waals surface area (Å²) in [7, 11) is -3.87. The van der Waals surface area contributed by atoms with E-state index in [2.05, 4.69) is 20.3 Å². The number of carbonyl (C=O) groups excluding carboxylic acids is 2. The van der Waals surface area contributed by atoms with Crippen LogP contribution in [0.3, 0.4) is 0 Å². The van der Waals surface area contributed by atoms with Gasteiger partial charge in [-0.3, -0.25) is 14.3 Å². The maximum atomic E-state index is 15.3. The molecule has 4 rings (SSSR count). The summed E-state index contributed by atoms with van der Waals surface area (Å²) in [5.41, 5.74) is 1.24. The molecule has 1 aromatic heterocycles. The number of aromatic nitrogens is 1. The average Bonchev–Trinajstić information content (AvgIpc) is 3.29. The van der Waals surface area contributed by atoms with Crippen molar-refractivity contribution >= 4 is 45.1 Å². The Morgan fingerprint density at radius 2 is 1.89 bits per heavy atom. The molecule has 1 atom stereocenters. The molecule has 1 aliphatic heterocycles. The van der Waals surface area contributed by atoms with Crippen molar-refractivity contribution in [2.24, 2.45) is 0 Å². The van der Waals surface area contributed by atoms with Crippen molar-refractivity contribution in [2.45, 2.75) is 26.2 Å². The number of hydrogen-bond donors (Lipinski definition) is 4. The number of rotatable bonds is 9. The molecule has 2 heterocycles. The molecule has 0 bridgehead atoms. The van der Waals surface area contributed by atoms with Crippen molar-refractivity contribution < 1.29 is 26.8 Å². The number of sulfonamides is 1. The molecular formula is C26H25F2N5O4S. The third kappa shape index (κ3) is 5.40. The second kappa shape index (κ2) is 10.7. The standard InChI is InChI=1S/C26H25F2N5O4S/c1-3-8-38(36,37)33-22-7-5-20(27)23(24(22)28)25(35)19-13-31-26-18(19)10-17(12-30-26)15-4-6-21(32-14(2)34)16(9-15)11-29/h4-7,9-12,19,29,33H,3,8,13H2,1-2H3,(H,30,31)(H,32,34). The highest BCUT2D eigenvalue weighted by Crippen LogP contribution is 2.37. The monoisotopic (exact) mass is 541 g/mol. The number of Topliss-reactive ketones (excluding diaryl/α,β-unsaturated/α-hetero) is 1. The molecular weight excluding hydrogens is 516 g/mol. The zero-order valence-corrected chi connectivity index (χ0v) is 21.4. The van der Waals surface area contributed by atoms with Gasteiger partial charge in [0.2, 0.25) is 15.9 Å². The second-order valence-electron chi connectivity index (χ2n) is 8.79. The van der Waals surface area contributed by atoms with Crippen molar-refractivity contribution in [1.29, 1.82) is 5.41 Å². The van der Waals surface area contributed by atoms with Gasteiger partial charge in [-0.05, 0) is 42.3 Å². The molecule has 9 nitrogen and oxygen atoms in total. The fraction of sp³-hybridized carbons (Fsp3) is 0.231. The molecule has 38 heavy (non-hydrogen) atoms. The fourth-order valence-electron chi connectivity index (χ4n) is 4.28. The van der Waals surface area contributed by atoms with Gasteiger partial charge < -0.3 is 16.0 Å². The molecule has 4 N–H and O–H groups in total. The number of fused-ring (bicyclic) bond motifs is 1. The number of carbonyl (C=O) groups is 2. The highest BCUT2D eigenvalue weighted by molar-refractivity contribution is 7.92. The number of benzene rings is 2. The molecule has 2 aromatic carbocycles. The van der Waals surface area contributed by atoms with E-state index in [1.54, 1.807) is 37.4 Å². The Morgan fingerprint density at radius 3 is 2.58 bits per heavy atom. The quantitative estimate of drug-likeness (QED) is 0.232. The van der Waals surface area contributed by atoms with Crippen molar-refractivity contribution in [3.63, 3.8) is 0 Å². The average molecular weight is 542 g/mol. The molecule has 1 amide bonds. The Balaban J connectivity index is 1.69. The number of ketones is 1. The van der Waals surface area contributed by atoms with E-state index in [4.69, 9.17) is 5.41 Å². The summed E-state index contributed by atoms with van der Waals surface area (Å²) in [6.07, 6.45) is 2.95. The molecule has 3 aromatic rings. The number of nitrogens with one attached hydrogen (secondary N) is 4. The van der Waals surface area contributed by atoms with Crippen LogP contribution in [0.2, 0.25) is 0 Å². The minimum Gasteiger partial charge on any atom is -0.369 e. The van der Waals surface area contributed by atoms with Gasteiger partial charge in [-0.15, -0.1) is 0 Å². The molecule has 0 radical (unpaired) electrons. The van der Waals surface area contributed by atoms with Crippen LogP contribution >= 0.6 is 0 Å². The summed E-state index contributed by atoms with van der Waals surface area (Å²) in [6.45, 7) is 3.05. The number of nitrogens with zero attached hydrogens (tertiary/aromatic N) is 1. The van der Waals surface area contributed by atoms with Gasteiger partial charge in [0, 0.05) is 48.3 Å². The zero-order valence-electron chi connectivity index (χ0n) is 20.6. The van der Waals surface area contributed by atoms with E-state index in [0.29, 0.717) is 40.2 Å². The van der Waals surface area contributed by atoms with E-state index in [-0.39, 0.29) is 18.2 Å². The summed E-state index contributed by atoms with van der Waals surface area (Å²) >= 11 is 0. The smallest absolute Gasteiger partial charge is 0.232 e. The molecule has 12 heteroatoms. The first-order valence-electron chi connectivity index (χ1n) is 11.7. The van der Waals surface area contributed by atoms with E-state index >= 15 is 4.39 Å².